The monoisotopic (exact) mass is 349 g/mol. The molecule has 3 heterocycles. The number of rotatable bonds is 5. The van der Waals surface area contributed by atoms with Crippen molar-refractivity contribution in [3.8, 4) is 11.3 Å². The van der Waals surface area contributed by atoms with Crippen molar-refractivity contribution in [1.82, 2.24) is 25.3 Å². The Labute approximate surface area is 151 Å². The summed E-state index contributed by atoms with van der Waals surface area (Å²) in [5, 5.41) is 17.4. The van der Waals surface area contributed by atoms with Gasteiger partial charge in [0.05, 0.1) is 43.1 Å². The fourth-order valence-corrected chi connectivity index (χ4v) is 3.06. The summed E-state index contributed by atoms with van der Waals surface area (Å²) in [6.45, 7) is 3.42. The zero-order valence-electron chi connectivity index (χ0n) is 14.3. The van der Waals surface area contributed by atoms with E-state index in [1.807, 2.05) is 36.4 Å². The zero-order valence-corrected chi connectivity index (χ0v) is 14.3. The Morgan fingerprint density at radius 3 is 2.77 bits per heavy atom. The molecule has 26 heavy (non-hydrogen) atoms. The minimum atomic E-state index is 0.144. The van der Waals surface area contributed by atoms with E-state index in [1.165, 1.54) is 0 Å². The van der Waals surface area contributed by atoms with Gasteiger partial charge in [-0.15, -0.1) is 0 Å². The average molecular weight is 349 g/mol. The molecule has 4 rings (SSSR count). The highest BCUT2D eigenvalue weighted by atomic mass is 16.5. The third kappa shape index (κ3) is 3.89. The fourth-order valence-electron chi connectivity index (χ4n) is 3.06. The number of Topliss-reactive ketones (excluding diaryl/α,β-unsaturated/α-hetero) is 1. The second-order valence-electron chi connectivity index (χ2n) is 6.32. The second kappa shape index (κ2) is 7.63. The first-order valence-corrected chi connectivity index (χ1v) is 8.64. The predicted molar refractivity (Wildman–Crippen MR) is 96.5 cm³/mol. The summed E-state index contributed by atoms with van der Waals surface area (Å²) < 4.78 is 5.31. The molecule has 1 saturated heterocycles. The fraction of sp³-hybridized carbons (Fsp3) is 0.316. The normalized spacial score (nSPS) is 15.2. The minimum Gasteiger partial charge on any atom is -0.379 e. The quantitative estimate of drug-likeness (QED) is 0.691. The molecule has 0 N–H and O–H groups in total. The van der Waals surface area contributed by atoms with Gasteiger partial charge in [0.2, 0.25) is 0 Å². The number of fused-ring (bicyclic) bond motifs is 1. The molecule has 1 fully saturated rings. The topological polar surface area (TPSA) is 81.1 Å². The van der Waals surface area contributed by atoms with Crippen LogP contribution < -0.4 is 0 Å². The van der Waals surface area contributed by atoms with Crippen molar-refractivity contribution >= 4 is 16.7 Å². The molecular weight excluding hydrogens is 330 g/mol. The molecule has 3 aromatic rings. The molecule has 1 aliphatic rings. The number of hydrogen-bond donors (Lipinski definition) is 0. The number of carbonyl (C=O) groups excluding carboxylic acids is 1. The number of ether oxygens (including phenoxy) is 1. The van der Waals surface area contributed by atoms with Crippen molar-refractivity contribution in [2.24, 2.45) is 0 Å². The van der Waals surface area contributed by atoms with Crippen LogP contribution in [0.1, 0.15) is 5.69 Å². The summed E-state index contributed by atoms with van der Waals surface area (Å²) in [4.78, 5) is 14.5. The Bertz CT molecular complexity index is 910. The molecule has 0 radical (unpaired) electrons. The average Bonchev–Trinajstić information content (AvgIpc) is 2.69. The van der Waals surface area contributed by atoms with Crippen LogP contribution in [0.2, 0.25) is 0 Å². The van der Waals surface area contributed by atoms with Crippen LogP contribution in [0.25, 0.3) is 22.2 Å². The van der Waals surface area contributed by atoms with Crippen LogP contribution in [-0.2, 0) is 16.0 Å². The van der Waals surface area contributed by atoms with Gasteiger partial charge in [-0.3, -0.25) is 9.69 Å². The lowest BCUT2D eigenvalue weighted by molar-refractivity contribution is -0.120. The van der Waals surface area contributed by atoms with Gasteiger partial charge >= 0.3 is 0 Å². The highest BCUT2D eigenvalue weighted by Crippen LogP contribution is 2.21. The van der Waals surface area contributed by atoms with Gasteiger partial charge in [0.15, 0.2) is 5.78 Å². The summed E-state index contributed by atoms with van der Waals surface area (Å²) in [6, 6.07) is 11.6. The van der Waals surface area contributed by atoms with E-state index >= 15 is 0 Å². The maximum Gasteiger partial charge on any atom is 0.152 e. The van der Waals surface area contributed by atoms with E-state index in [0.717, 1.165) is 35.2 Å². The largest absolute Gasteiger partial charge is 0.379 e. The molecule has 0 aliphatic carbocycles. The van der Waals surface area contributed by atoms with Crippen LogP contribution >= 0.6 is 0 Å². The zero-order chi connectivity index (χ0) is 17.8. The summed E-state index contributed by atoms with van der Waals surface area (Å²) in [6.07, 6.45) is 1.93. The van der Waals surface area contributed by atoms with E-state index in [-0.39, 0.29) is 12.2 Å². The molecular formula is C19H19N5O2. The van der Waals surface area contributed by atoms with E-state index in [2.05, 4.69) is 25.3 Å². The van der Waals surface area contributed by atoms with Crippen molar-refractivity contribution < 1.29 is 9.53 Å². The highest BCUT2D eigenvalue weighted by Gasteiger charge is 2.15. The Kier molecular flexibility index (Phi) is 4.90. The van der Waals surface area contributed by atoms with Crippen LogP contribution in [0.15, 0.2) is 42.6 Å². The summed E-state index contributed by atoms with van der Waals surface area (Å²) in [5.74, 6) is 0.144. The third-order valence-corrected chi connectivity index (χ3v) is 4.39. The molecule has 0 bridgehead atoms. The van der Waals surface area contributed by atoms with Gasteiger partial charge in [-0.2, -0.15) is 20.4 Å². The maximum absolute atomic E-state index is 12.3. The van der Waals surface area contributed by atoms with Crippen LogP contribution in [-0.4, -0.2) is 63.9 Å². The molecule has 2 aromatic heterocycles. The number of nitrogens with zero attached hydrogens (tertiary/aromatic N) is 5. The van der Waals surface area contributed by atoms with Crippen LogP contribution in [0.3, 0.4) is 0 Å². The number of carbonyl (C=O) groups is 1. The molecule has 0 amide bonds. The Morgan fingerprint density at radius 1 is 1.08 bits per heavy atom. The number of ketones is 1. The molecule has 132 valence electrons. The lowest BCUT2D eigenvalue weighted by Crippen LogP contribution is -2.40. The van der Waals surface area contributed by atoms with Gasteiger partial charge < -0.3 is 4.74 Å². The van der Waals surface area contributed by atoms with E-state index in [1.54, 1.807) is 6.20 Å². The SMILES string of the molecule is O=C(Cc1cc2cc(-c3cccnn3)ccc2nn1)CN1CCOCC1. The predicted octanol–water partition coefficient (Wildman–Crippen LogP) is 1.53. The van der Waals surface area contributed by atoms with Crippen LogP contribution in [0, 0.1) is 0 Å². The first kappa shape index (κ1) is 16.7. The van der Waals surface area contributed by atoms with Crippen molar-refractivity contribution in [3.05, 3.63) is 48.3 Å². The summed E-state index contributed by atoms with van der Waals surface area (Å²) in [5.41, 5.74) is 3.24. The third-order valence-electron chi connectivity index (χ3n) is 4.39. The van der Waals surface area contributed by atoms with Crippen molar-refractivity contribution in [2.75, 3.05) is 32.8 Å². The van der Waals surface area contributed by atoms with Crippen molar-refractivity contribution in [3.63, 3.8) is 0 Å². The first-order chi connectivity index (χ1) is 12.8. The van der Waals surface area contributed by atoms with Crippen molar-refractivity contribution in [2.45, 2.75) is 6.42 Å². The standard InChI is InChI=1S/C19H19N5O2/c25-17(13-24-6-8-26-9-7-24)12-16-11-15-10-14(3-4-19(15)23-21-16)18-2-1-5-20-22-18/h1-5,10-11H,6-9,12-13H2. The lowest BCUT2D eigenvalue weighted by Gasteiger charge is -2.25. The van der Waals surface area contributed by atoms with Gasteiger partial charge in [0.25, 0.3) is 0 Å². The van der Waals surface area contributed by atoms with E-state index in [0.29, 0.717) is 25.5 Å². The summed E-state index contributed by atoms with van der Waals surface area (Å²) >= 11 is 0. The second-order valence-corrected chi connectivity index (χ2v) is 6.32. The van der Waals surface area contributed by atoms with Gasteiger partial charge in [-0.1, -0.05) is 6.07 Å². The first-order valence-electron chi connectivity index (χ1n) is 8.64. The van der Waals surface area contributed by atoms with Crippen LogP contribution in [0.5, 0.6) is 0 Å². The number of benzene rings is 1. The number of morpholine rings is 1. The maximum atomic E-state index is 12.3. The lowest BCUT2D eigenvalue weighted by atomic mass is 10.1. The Balaban J connectivity index is 1.51. The smallest absolute Gasteiger partial charge is 0.152 e. The van der Waals surface area contributed by atoms with Crippen molar-refractivity contribution in [1.29, 1.82) is 0 Å². The summed E-state index contributed by atoms with van der Waals surface area (Å²) in [7, 11) is 0. The molecule has 0 unspecified atom stereocenters. The molecule has 0 spiro atoms. The van der Waals surface area contributed by atoms with E-state index in [9.17, 15) is 4.79 Å². The van der Waals surface area contributed by atoms with Gasteiger partial charge in [-0.25, -0.2) is 0 Å². The number of aromatic nitrogens is 4. The number of hydrogen-bond acceptors (Lipinski definition) is 7. The van der Waals surface area contributed by atoms with Gasteiger partial charge in [0.1, 0.15) is 0 Å². The molecule has 0 atom stereocenters. The Morgan fingerprint density at radius 2 is 1.96 bits per heavy atom. The molecule has 1 aliphatic heterocycles. The molecule has 7 heteroatoms. The highest BCUT2D eigenvalue weighted by molar-refractivity contribution is 5.86. The van der Waals surface area contributed by atoms with E-state index < -0.39 is 0 Å². The molecule has 0 saturated carbocycles. The minimum absolute atomic E-state index is 0.144. The molecule has 7 nitrogen and oxygen atoms in total. The van der Waals surface area contributed by atoms with Crippen LogP contribution in [0.4, 0.5) is 0 Å². The molecule has 1 aromatic carbocycles. The van der Waals surface area contributed by atoms with E-state index in [4.69, 9.17) is 4.74 Å². The Hall–Kier alpha value is -2.77. The van der Waals surface area contributed by atoms with Gasteiger partial charge in [-0.05, 0) is 30.3 Å². The van der Waals surface area contributed by atoms with Gasteiger partial charge in [0, 0.05) is 30.2 Å².